The van der Waals surface area contributed by atoms with Crippen LogP contribution in [0.1, 0.15) is 24.2 Å². The van der Waals surface area contributed by atoms with Gasteiger partial charge in [0.05, 0.1) is 34.6 Å². The fourth-order valence-electron chi connectivity index (χ4n) is 3.19. The van der Waals surface area contributed by atoms with Crippen LogP contribution in [-0.2, 0) is 9.59 Å². The van der Waals surface area contributed by atoms with Crippen molar-refractivity contribution in [3.63, 3.8) is 0 Å². The van der Waals surface area contributed by atoms with Crippen LogP contribution in [0.2, 0.25) is 5.02 Å². The fourth-order valence-corrected chi connectivity index (χ4v) is 4.30. The number of carbonyl (C=O) groups excluding carboxylic acids is 2. The Bertz CT molecular complexity index is 1090. The van der Waals surface area contributed by atoms with Crippen molar-refractivity contribution < 1.29 is 14.0 Å². The van der Waals surface area contributed by atoms with Gasteiger partial charge < -0.3 is 15.5 Å². The van der Waals surface area contributed by atoms with Crippen molar-refractivity contribution in [2.75, 3.05) is 11.1 Å². The molecule has 2 atom stereocenters. The number of nitriles is 1. The summed E-state index contributed by atoms with van der Waals surface area (Å²) in [5.74, 6) is -1.92. The molecule has 154 valence electrons. The van der Waals surface area contributed by atoms with E-state index in [1.165, 1.54) is 6.26 Å². The van der Waals surface area contributed by atoms with E-state index in [2.05, 4.69) is 16.4 Å². The molecule has 1 aliphatic rings. The molecule has 30 heavy (non-hydrogen) atoms. The van der Waals surface area contributed by atoms with Crippen LogP contribution >= 0.6 is 23.4 Å². The second-order valence-electron chi connectivity index (χ2n) is 6.71. The van der Waals surface area contributed by atoms with Crippen molar-refractivity contribution in [1.82, 2.24) is 0 Å². The lowest BCUT2D eigenvalue weighted by Crippen LogP contribution is -2.32. The molecule has 0 saturated carbocycles. The maximum Gasteiger partial charge on any atom is 0.247 e. The van der Waals surface area contributed by atoms with Crippen molar-refractivity contribution in [3.05, 3.63) is 64.2 Å². The first kappa shape index (κ1) is 21.7. The summed E-state index contributed by atoms with van der Waals surface area (Å²) in [6.45, 7) is 3.53. The van der Waals surface area contributed by atoms with Gasteiger partial charge in [-0.25, -0.2) is 4.99 Å². The summed E-state index contributed by atoms with van der Waals surface area (Å²) in [6.07, 6.45) is 1.47. The zero-order valence-electron chi connectivity index (χ0n) is 16.3. The van der Waals surface area contributed by atoms with Crippen LogP contribution in [-0.4, -0.2) is 22.6 Å². The number of thioether (sulfide) groups is 1. The number of halogens is 1. The van der Waals surface area contributed by atoms with Crippen molar-refractivity contribution in [3.8, 4) is 6.07 Å². The van der Waals surface area contributed by atoms with Crippen molar-refractivity contribution in [2.24, 2.45) is 16.6 Å². The lowest BCUT2D eigenvalue weighted by molar-refractivity contribution is -0.115. The highest BCUT2D eigenvalue weighted by atomic mass is 35.5. The Balaban J connectivity index is 1.79. The Morgan fingerprint density at radius 2 is 2.13 bits per heavy atom. The number of anilines is 1. The van der Waals surface area contributed by atoms with E-state index < -0.39 is 17.7 Å². The number of aliphatic imine (C=N–C) groups is 1. The normalized spacial score (nSPS) is 18.5. The van der Waals surface area contributed by atoms with Gasteiger partial charge in [-0.1, -0.05) is 29.4 Å². The molecular weight excluding hydrogens is 424 g/mol. The minimum absolute atomic E-state index is 0.0343. The summed E-state index contributed by atoms with van der Waals surface area (Å²) in [6, 6.07) is 10.8. The van der Waals surface area contributed by atoms with Gasteiger partial charge in [0.1, 0.15) is 11.7 Å². The number of benzene rings is 1. The van der Waals surface area contributed by atoms with Gasteiger partial charge in [-0.2, -0.15) is 5.26 Å². The van der Waals surface area contributed by atoms with Gasteiger partial charge in [0.15, 0.2) is 0 Å². The summed E-state index contributed by atoms with van der Waals surface area (Å²) < 4.78 is 5.46. The summed E-state index contributed by atoms with van der Waals surface area (Å²) in [7, 11) is 0. The average molecular weight is 443 g/mol. The Labute approximate surface area is 183 Å². The lowest BCUT2D eigenvalue weighted by atomic mass is 9.82. The number of rotatable bonds is 5. The number of nitrogens with two attached hydrogens (primary N) is 1. The standard InChI is InChI=1S/C21H19ClN4O3S/c1-11-5-6-13(8-15(11)22)26-17(27)10-30-21-14(9-23)19(16-4-3-7-29-16)18(20(24)28)12(2)25-21/h3-8,14,19H,10H2,1-2H3,(H2,24,28)(H,26,27)/t14?,19-/m0/s1. The molecule has 9 heteroatoms. The summed E-state index contributed by atoms with van der Waals surface area (Å²) in [5.41, 5.74) is 7.68. The highest BCUT2D eigenvalue weighted by Crippen LogP contribution is 2.41. The lowest BCUT2D eigenvalue weighted by Gasteiger charge is -2.27. The molecule has 0 saturated heterocycles. The third-order valence-corrected chi connectivity index (χ3v) is 6.09. The number of amides is 2. The largest absolute Gasteiger partial charge is 0.469 e. The predicted molar refractivity (Wildman–Crippen MR) is 117 cm³/mol. The average Bonchev–Trinajstić information content (AvgIpc) is 3.22. The second-order valence-corrected chi connectivity index (χ2v) is 8.12. The molecule has 0 fully saturated rings. The summed E-state index contributed by atoms with van der Waals surface area (Å²) >= 11 is 7.23. The number of nitrogens with zero attached hydrogens (tertiary/aromatic N) is 2. The molecule has 1 aromatic carbocycles. The monoisotopic (exact) mass is 442 g/mol. The zero-order chi connectivity index (χ0) is 21.8. The van der Waals surface area contributed by atoms with E-state index in [4.69, 9.17) is 21.8 Å². The predicted octanol–water partition coefficient (Wildman–Crippen LogP) is 4.01. The molecule has 2 heterocycles. The van der Waals surface area contributed by atoms with Gasteiger partial charge in [0.2, 0.25) is 11.8 Å². The molecule has 1 unspecified atom stereocenters. The van der Waals surface area contributed by atoms with Crippen LogP contribution in [0.3, 0.4) is 0 Å². The van der Waals surface area contributed by atoms with Gasteiger partial charge in [-0.05, 0) is 43.7 Å². The van der Waals surface area contributed by atoms with Gasteiger partial charge in [-0.15, -0.1) is 0 Å². The van der Waals surface area contributed by atoms with Crippen LogP contribution in [0.25, 0.3) is 0 Å². The second kappa shape index (κ2) is 9.20. The van der Waals surface area contributed by atoms with Crippen LogP contribution in [0.4, 0.5) is 5.69 Å². The molecule has 2 amide bonds. The SMILES string of the molecule is CC1=C(C(N)=O)[C@H](c2ccco2)C(C#N)C(SCC(=O)Nc2ccc(C)c(Cl)c2)=N1. The number of hydrogen-bond donors (Lipinski definition) is 2. The first-order valence-electron chi connectivity index (χ1n) is 9.02. The third-order valence-electron chi connectivity index (χ3n) is 4.64. The minimum Gasteiger partial charge on any atom is -0.469 e. The zero-order valence-corrected chi connectivity index (χ0v) is 17.9. The quantitative estimate of drug-likeness (QED) is 0.724. The van der Waals surface area contributed by atoms with Gasteiger partial charge in [-0.3, -0.25) is 9.59 Å². The molecule has 7 nitrogen and oxygen atoms in total. The van der Waals surface area contributed by atoms with Crippen LogP contribution in [0.15, 0.2) is 57.3 Å². The molecular formula is C21H19ClN4O3S. The maximum absolute atomic E-state index is 12.4. The molecule has 0 spiro atoms. The fraction of sp³-hybridized carbons (Fsp3) is 0.238. The van der Waals surface area contributed by atoms with E-state index in [1.54, 1.807) is 31.2 Å². The number of allylic oxidation sites excluding steroid dienone is 1. The molecule has 2 aromatic rings. The van der Waals surface area contributed by atoms with E-state index in [1.807, 2.05) is 13.0 Å². The molecule has 0 bridgehead atoms. The Hall–Kier alpha value is -3.02. The van der Waals surface area contributed by atoms with E-state index in [0.717, 1.165) is 17.3 Å². The van der Waals surface area contributed by atoms with Crippen molar-refractivity contribution in [2.45, 2.75) is 19.8 Å². The van der Waals surface area contributed by atoms with E-state index in [-0.39, 0.29) is 17.2 Å². The van der Waals surface area contributed by atoms with Crippen LogP contribution in [0, 0.1) is 24.2 Å². The highest BCUT2D eigenvalue weighted by Gasteiger charge is 2.39. The smallest absolute Gasteiger partial charge is 0.247 e. The first-order valence-corrected chi connectivity index (χ1v) is 10.4. The minimum atomic E-state index is -0.797. The summed E-state index contributed by atoms with van der Waals surface area (Å²) in [4.78, 5) is 28.8. The molecule has 3 rings (SSSR count). The molecule has 0 aliphatic carbocycles. The molecule has 0 radical (unpaired) electrons. The molecule has 1 aliphatic heterocycles. The number of hydrogen-bond acceptors (Lipinski definition) is 6. The highest BCUT2D eigenvalue weighted by molar-refractivity contribution is 8.14. The number of nitrogens with one attached hydrogen (secondary N) is 1. The van der Waals surface area contributed by atoms with Gasteiger partial charge >= 0.3 is 0 Å². The van der Waals surface area contributed by atoms with Crippen LogP contribution in [0.5, 0.6) is 0 Å². The maximum atomic E-state index is 12.4. The number of primary amides is 1. The topological polar surface area (TPSA) is 121 Å². The van der Waals surface area contributed by atoms with Crippen LogP contribution < -0.4 is 11.1 Å². The number of carbonyl (C=O) groups is 2. The summed E-state index contributed by atoms with van der Waals surface area (Å²) in [5, 5.41) is 13.6. The van der Waals surface area contributed by atoms with E-state index >= 15 is 0 Å². The van der Waals surface area contributed by atoms with Gasteiger partial charge in [0.25, 0.3) is 0 Å². The number of furan rings is 1. The Morgan fingerprint density at radius 1 is 1.37 bits per heavy atom. The van der Waals surface area contributed by atoms with Crippen molar-refractivity contribution >= 4 is 45.9 Å². The number of aryl methyl sites for hydroxylation is 1. The van der Waals surface area contributed by atoms with E-state index in [0.29, 0.717) is 27.2 Å². The van der Waals surface area contributed by atoms with E-state index in [9.17, 15) is 14.9 Å². The Morgan fingerprint density at radius 3 is 2.73 bits per heavy atom. The first-order chi connectivity index (χ1) is 14.3. The van der Waals surface area contributed by atoms with Gasteiger partial charge in [0, 0.05) is 16.4 Å². The Kier molecular flexibility index (Phi) is 6.65. The van der Waals surface area contributed by atoms with Crippen molar-refractivity contribution in [1.29, 1.82) is 5.26 Å². The third kappa shape index (κ3) is 4.58. The molecule has 1 aromatic heterocycles. The molecule has 3 N–H and O–H groups in total.